The second-order valence-corrected chi connectivity index (χ2v) is 8.32. The van der Waals surface area contributed by atoms with Crippen LogP contribution >= 0.6 is 0 Å². The molecule has 2 heterocycles. The number of likely N-dealkylation sites (tertiary alicyclic amines) is 1. The van der Waals surface area contributed by atoms with Crippen LogP contribution in [0.1, 0.15) is 37.3 Å². The Morgan fingerprint density at radius 3 is 2.03 bits per heavy atom. The Kier molecular flexibility index (Phi) is 6.42. The van der Waals surface area contributed by atoms with E-state index in [-0.39, 0.29) is 17.7 Å². The highest BCUT2D eigenvalue weighted by Gasteiger charge is 2.49. The van der Waals surface area contributed by atoms with Crippen LogP contribution in [0.2, 0.25) is 0 Å². The van der Waals surface area contributed by atoms with Crippen molar-refractivity contribution in [3.8, 4) is 0 Å². The maximum Gasteiger partial charge on any atom is 0.415 e. The Morgan fingerprint density at radius 2 is 1.56 bits per heavy atom. The van der Waals surface area contributed by atoms with Crippen LogP contribution in [0.15, 0.2) is 66.9 Å². The minimum Gasteiger partial charge on any atom is -0.436 e. The molecule has 1 amide bonds. The summed E-state index contributed by atoms with van der Waals surface area (Å²) in [6, 6.07) is 12.7. The summed E-state index contributed by atoms with van der Waals surface area (Å²) in [7, 11) is 0. The van der Waals surface area contributed by atoms with E-state index in [1.54, 1.807) is 29.2 Å². The van der Waals surface area contributed by atoms with Crippen molar-refractivity contribution in [3.05, 3.63) is 89.6 Å². The normalized spacial score (nSPS) is 18.2. The average molecular weight is 439 g/mol. The molecular formula is C26H28F2N2O2. The van der Waals surface area contributed by atoms with E-state index in [0.29, 0.717) is 6.54 Å². The van der Waals surface area contributed by atoms with Crippen LogP contribution in [0.3, 0.4) is 0 Å². The fourth-order valence-electron chi connectivity index (χ4n) is 4.54. The highest BCUT2D eigenvalue weighted by molar-refractivity contribution is 5.79. The van der Waals surface area contributed by atoms with Gasteiger partial charge in [0.15, 0.2) is 5.60 Å². The lowest BCUT2D eigenvalue weighted by Gasteiger charge is -2.38. The van der Waals surface area contributed by atoms with Gasteiger partial charge in [-0.3, -0.25) is 4.90 Å². The van der Waals surface area contributed by atoms with Gasteiger partial charge in [0.1, 0.15) is 11.6 Å². The fraction of sp³-hybridized carbons (Fsp3) is 0.346. The summed E-state index contributed by atoms with van der Waals surface area (Å²) >= 11 is 0. The van der Waals surface area contributed by atoms with Gasteiger partial charge in [0, 0.05) is 39.0 Å². The Morgan fingerprint density at radius 1 is 1.03 bits per heavy atom. The molecule has 0 atom stereocenters. The molecule has 0 radical (unpaired) electrons. The van der Waals surface area contributed by atoms with Crippen molar-refractivity contribution in [1.29, 1.82) is 0 Å². The number of piperidine rings is 1. The minimum absolute atomic E-state index is 0.287. The number of nitrogens with zero attached hydrogens (tertiary/aromatic N) is 2. The van der Waals surface area contributed by atoms with Gasteiger partial charge in [-0.25, -0.2) is 13.6 Å². The molecule has 2 saturated heterocycles. The second kappa shape index (κ2) is 9.25. The number of hydrogen-bond donors (Lipinski definition) is 0. The van der Waals surface area contributed by atoms with Gasteiger partial charge >= 0.3 is 6.09 Å². The lowest BCUT2D eigenvalue weighted by Crippen LogP contribution is -2.45. The van der Waals surface area contributed by atoms with Crippen LogP contribution in [-0.4, -0.2) is 47.7 Å². The number of ether oxygens (including phenoxy) is 1. The molecule has 0 saturated carbocycles. The second-order valence-electron chi connectivity index (χ2n) is 8.32. The number of hydrogen-bond acceptors (Lipinski definition) is 3. The number of benzene rings is 2. The Hall–Kier alpha value is -2.99. The third-order valence-corrected chi connectivity index (χ3v) is 6.44. The van der Waals surface area contributed by atoms with Crippen molar-refractivity contribution >= 4 is 11.7 Å². The standard InChI is InChI=1S/C26H28F2N2O2/c1-3-30-19(2)26(32-25(30)31)14-17-29(18-15-26)16-4-5-24(20-6-10-22(27)11-7-20)21-8-12-23(28)13-9-21/h5-13H,2-4,14-18H2,1H3. The molecule has 4 nitrogen and oxygen atoms in total. The largest absolute Gasteiger partial charge is 0.436 e. The van der Waals surface area contributed by atoms with Crippen LogP contribution in [0.5, 0.6) is 0 Å². The molecule has 0 N–H and O–H groups in total. The zero-order valence-corrected chi connectivity index (χ0v) is 18.3. The molecule has 6 heteroatoms. The Balaban J connectivity index is 1.42. The van der Waals surface area contributed by atoms with E-state index in [2.05, 4.69) is 17.6 Å². The van der Waals surface area contributed by atoms with Crippen molar-refractivity contribution in [1.82, 2.24) is 9.80 Å². The first-order chi connectivity index (χ1) is 15.4. The van der Waals surface area contributed by atoms with Crippen LogP contribution in [0.4, 0.5) is 13.6 Å². The molecule has 0 aromatic heterocycles. The van der Waals surface area contributed by atoms with Gasteiger partial charge in [-0.2, -0.15) is 0 Å². The van der Waals surface area contributed by atoms with E-state index in [1.807, 2.05) is 6.92 Å². The van der Waals surface area contributed by atoms with Crippen molar-refractivity contribution < 1.29 is 18.3 Å². The Bertz CT molecular complexity index is 960. The summed E-state index contributed by atoms with van der Waals surface area (Å²) in [5, 5.41) is 0. The number of amides is 1. The summed E-state index contributed by atoms with van der Waals surface area (Å²) in [4.78, 5) is 16.1. The first-order valence-electron chi connectivity index (χ1n) is 11.1. The van der Waals surface area contributed by atoms with Crippen molar-refractivity contribution in [2.75, 3.05) is 26.2 Å². The first-order valence-corrected chi connectivity index (χ1v) is 11.1. The smallest absolute Gasteiger partial charge is 0.415 e. The minimum atomic E-state index is -0.563. The number of carbonyl (C=O) groups is 1. The molecule has 2 aromatic rings. The highest BCUT2D eigenvalue weighted by Crippen LogP contribution is 2.40. The van der Waals surface area contributed by atoms with Gasteiger partial charge < -0.3 is 9.64 Å². The third-order valence-electron chi connectivity index (χ3n) is 6.44. The Labute approximate surface area is 187 Å². The van der Waals surface area contributed by atoms with E-state index in [4.69, 9.17) is 4.74 Å². The average Bonchev–Trinajstić information content (AvgIpc) is 3.03. The summed E-state index contributed by atoms with van der Waals surface area (Å²) in [5.41, 5.74) is 2.95. The van der Waals surface area contributed by atoms with Crippen molar-refractivity contribution in [2.24, 2.45) is 0 Å². The number of rotatable bonds is 6. The van der Waals surface area contributed by atoms with Crippen LogP contribution in [-0.2, 0) is 4.74 Å². The third kappa shape index (κ3) is 4.46. The summed E-state index contributed by atoms with van der Waals surface area (Å²) in [6.45, 7) is 9.10. The maximum atomic E-state index is 13.4. The van der Waals surface area contributed by atoms with Crippen LogP contribution in [0.25, 0.3) is 5.57 Å². The van der Waals surface area contributed by atoms with E-state index < -0.39 is 5.60 Å². The monoisotopic (exact) mass is 438 g/mol. The summed E-state index contributed by atoms with van der Waals surface area (Å²) in [5.74, 6) is -0.574. The molecule has 2 fully saturated rings. The summed E-state index contributed by atoms with van der Waals surface area (Å²) in [6.07, 6.45) is 4.09. The molecule has 32 heavy (non-hydrogen) atoms. The van der Waals surface area contributed by atoms with E-state index in [1.165, 1.54) is 24.3 Å². The van der Waals surface area contributed by atoms with Crippen LogP contribution < -0.4 is 0 Å². The molecular weight excluding hydrogens is 410 g/mol. The molecule has 1 spiro atoms. The van der Waals surface area contributed by atoms with Gasteiger partial charge in [0.25, 0.3) is 0 Å². The van der Waals surface area contributed by atoms with E-state index in [9.17, 15) is 13.6 Å². The molecule has 2 aromatic carbocycles. The van der Waals surface area contributed by atoms with Crippen LogP contribution in [0, 0.1) is 11.6 Å². The predicted molar refractivity (Wildman–Crippen MR) is 121 cm³/mol. The predicted octanol–water partition coefficient (Wildman–Crippen LogP) is 5.61. The SMILES string of the molecule is C=C1N(CC)C(=O)OC12CCN(CCC=C(c1ccc(F)cc1)c1ccc(F)cc1)CC2. The van der Waals surface area contributed by atoms with Gasteiger partial charge in [0.05, 0.1) is 5.70 Å². The van der Waals surface area contributed by atoms with Gasteiger partial charge in [-0.1, -0.05) is 36.9 Å². The molecule has 2 aliphatic rings. The van der Waals surface area contributed by atoms with Gasteiger partial charge in [0.2, 0.25) is 0 Å². The molecule has 168 valence electrons. The number of likely N-dealkylation sites (N-methyl/N-ethyl adjacent to an activating group) is 1. The van der Waals surface area contributed by atoms with Gasteiger partial charge in [-0.15, -0.1) is 0 Å². The number of halogens is 2. The van der Waals surface area contributed by atoms with Crippen molar-refractivity contribution in [2.45, 2.75) is 31.8 Å². The highest BCUT2D eigenvalue weighted by atomic mass is 19.1. The molecule has 4 rings (SSSR count). The first kappa shape index (κ1) is 22.2. The summed E-state index contributed by atoms with van der Waals surface area (Å²) < 4.78 is 32.5. The maximum absolute atomic E-state index is 13.4. The zero-order chi connectivity index (χ0) is 22.7. The fourth-order valence-corrected chi connectivity index (χ4v) is 4.54. The van der Waals surface area contributed by atoms with E-state index >= 15 is 0 Å². The van der Waals surface area contributed by atoms with E-state index in [0.717, 1.165) is 61.3 Å². The number of carbonyl (C=O) groups excluding carboxylic acids is 1. The van der Waals surface area contributed by atoms with Gasteiger partial charge in [-0.05, 0) is 54.3 Å². The lowest BCUT2D eigenvalue weighted by molar-refractivity contribution is 0.0152. The molecule has 2 aliphatic heterocycles. The molecule has 0 bridgehead atoms. The topological polar surface area (TPSA) is 32.8 Å². The molecule has 0 aliphatic carbocycles. The quantitative estimate of drug-likeness (QED) is 0.588. The lowest BCUT2D eigenvalue weighted by atomic mass is 9.88. The zero-order valence-electron chi connectivity index (χ0n) is 18.3. The van der Waals surface area contributed by atoms with Crippen molar-refractivity contribution in [3.63, 3.8) is 0 Å². The molecule has 0 unspecified atom stereocenters.